The van der Waals surface area contributed by atoms with Crippen molar-refractivity contribution in [2.75, 3.05) is 26.8 Å². The van der Waals surface area contributed by atoms with Crippen molar-refractivity contribution < 1.29 is 27.4 Å². The third-order valence-electron chi connectivity index (χ3n) is 3.69. The Bertz CT molecular complexity index is 548. The van der Waals surface area contributed by atoms with Crippen molar-refractivity contribution in [2.45, 2.75) is 31.9 Å². The molecular weight excluding hydrogens is 325 g/mol. The number of ether oxygens (including phenoxy) is 2. The Labute approximate surface area is 138 Å². The Balaban J connectivity index is 1.88. The number of morpholine rings is 1. The largest absolute Gasteiger partial charge is 0.416 e. The molecule has 2 amide bonds. The maximum Gasteiger partial charge on any atom is 0.416 e. The summed E-state index contributed by atoms with van der Waals surface area (Å²) in [7, 11) is 1.57. The first-order valence-corrected chi connectivity index (χ1v) is 7.63. The molecule has 134 valence electrons. The van der Waals surface area contributed by atoms with E-state index in [0.29, 0.717) is 25.3 Å². The van der Waals surface area contributed by atoms with Crippen molar-refractivity contribution in [3.8, 4) is 0 Å². The number of hydrogen-bond donors (Lipinski definition) is 1. The summed E-state index contributed by atoms with van der Waals surface area (Å²) in [6, 6.07) is 4.46. The summed E-state index contributed by atoms with van der Waals surface area (Å²) in [5, 5.41) is 2.72. The molecule has 0 saturated carbocycles. The number of benzene rings is 1. The SMILES string of the molecule is COC[C@@H]1CN(C(=O)NCc2ccc(C(F)(F)F)cc2)C[C@@H](C)O1. The number of urea groups is 1. The Hall–Kier alpha value is -1.80. The molecule has 0 bridgehead atoms. The van der Waals surface area contributed by atoms with Crippen LogP contribution in [0.4, 0.5) is 18.0 Å². The molecule has 1 saturated heterocycles. The number of nitrogens with zero attached hydrogens (tertiary/aromatic N) is 1. The molecule has 0 aliphatic carbocycles. The van der Waals surface area contributed by atoms with Crippen LogP contribution in [0.5, 0.6) is 0 Å². The first kappa shape index (κ1) is 18.5. The first-order valence-electron chi connectivity index (χ1n) is 7.63. The highest BCUT2D eigenvalue weighted by molar-refractivity contribution is 5.74. The Morgan fingerprint density at radius 2 is 2.00 bits per heavy atom. The minimum Gasteiger partial charge on any atom is -0.382 e. The molecule has 8 heteroatoms. The van der Waals surface area contributed by atoms with Crippen LogP contribution in [0.3, 0.4) is 0 Å². The monoisotopic (exact) mass is 346 g/mol. The summed E-state index contributed by atoms with van der Waals surface area (Å²) in [5.74, 6) is 0. The second kappa shape index (κ2) is 7.85. The normalized spacial score (nSPS) is 21.6. The maximum atomic E-state index is 12.5. The van der Waals surface area contributed by atoms with Crippen LogP contribution in [-0.4, -0.2) is 49.9 Å². The molecule has 0 radical (unpaired) electrons. The lowest BCUT2D eigenvalue weighted by Crippen LogP contribution is -2.53. The van der Waals surface area contributed by atoms with Crippen molar-refractivity contribution in [3.63, 3.8) is 0 Å². The summed E-state index contributed by atoms with van der Waals surface area (Å²) in [6.45, 7) is 3.30. The van der Waals surface area contributed by atoms with E-state index >= 15 is 0 Å². The number of halogens is 3. The lowest BCUT2D eigenvalue weighted by atomic mass is 10.1. The van der Waals surface area contributed by atoms with Crippen LogP contribution in [0, 0.1) is 0 Å². The molecular formula is C16H21F3N2O3. The summed E-state index contributed by atoms with van der Waals surface area (Å²) >= 11 is 0. The highest BCUT2D eigenvalue weighted by atomic mass is 19.4. The third kappa shape index (κ3) is 5.10. The van der Waals surface area contributed by atoms with Gasteiger partial charge in [-0.05, 0) is 24.6 Å². The van der Waals surface area contributed by atoms with Gasteiger partial charge in [-0.15, -0.1) is 0 Å². The van der Waals surface area contributed by atoms with Gasteiger partial charge in [0.25, 0.3) is 0 Å². The molecule has 0 spiro atoms. The van der Waals surface area contributed by atoms with Crippen molar-refractivity contribution in [1.82, 2.24) is 10.2 Å². The smallest absolute Gasteiger partial charge is 0.382 e. The van der Waals surface area contributed by atoms with E-state index in [1.807, 2.05) is 6.92 Å². The number of carbonyl (C=O) groups excluding carboxylic acids is 1. The Morgan fingerprint density at radius 3 is 2.58 bits per heavy atom. The van der Waals surface area contributed by atoms with E-state index in [9.17, 15) is 18.0 Å². The van der Waals surface area contributed by atoms with Gasteiger partial charge in [-0.3, -0.25) is 0 Å². The lowest BCUT2D eigenvalue weighted by molar-refractivity contribution is -0.137. The van der Waals surface area contributed by atoms with Crippen LogP contribution in [0.2, 0.25) is 0 Å². The van der Waals surface area contributed by atoms with E-state index < -0.39 is 11.7 Å². The first-order chi connectivity index (χ1) is 11.3. The fraction of sp³-hybridized carbons (Fsp3) is 0.562. The summed E-state index contributed by atoms with van der Waals surface area (Å²) in [4.78, 5) is 13.9. The van der Waals surface area contributed by atoms with Crippen LogP contribution in [-0.2, 0) is 22.2 Å². The molecule has 1 aliphatic rings. The molecule has 1 aromatic carbocycles. The quantitative estimate of drug-likeness (QED) is 0.912. The molecule has 1 aliphatic heterocycles. The summed E-state index contributed by atoms with van der Waals surface area (Å²) < 4.78 is 48.3. The van der Waals surface area contributed by atoms with Crippen molar-refractivity contribution in [1.29, 1.82) is 0 Å². The molecule has 1 N–H and O–H groups in total. The number of carbonyl (C=O) groups is 1. The van der Waals surface area contributed by atoms with Crippen LogP contribution in [0.25, 0.3) is 0 Å². The van der Waals surface area contributed by atoms with Gasteiger partial charge < -0.3 is 19.7 Å². The number of alkyl halides is 3. The second-order valence-corrected chi connectivity index (χ2v) is 5.78. The van der Waals surface area contributed by atoms with Crippen LogP contribution in [0.15, 0.2) is 24.3 Å². The van der Waals surface area contributed by atoms with Gasteiger partial charge in [-0.2, -0.15) is 13.2 Å². The van der Waals surface area contributed by atoms with Gasteiger partial charge in [0.2, 0.25) is 0 Å². The van der Waals surface area contributed by atoms with Crippen LogP contribution < -0.4 is 5.32 Å². The molecule has 24 heavy (non-hydrogen) atoms. The van der Waals surface area contributed by atoms with Crippen LogP contribution in [0.1, 0.15) is 18.1 Å². The number of amides is 2. The number of nitrogens with one attached hydrogen (secondary N) is 1. The zero-order chi connectivity index (χ0) is 17.7. The molecule has 1 fully saturated rings. The van der Waals surface area contributed by atoms with Crippen molar-refractivity contribution in [3.05, 3.63) is 35.4 Å². The minimum atomic E-state index is -4.36. The zero-order valence-corrected chi connectivity index (χ0v) is 13.6. The van der Waals surface area contributed by atoms with E-state index in [1.54, 1.807) is 12.0 Å². The number of rotatable bonds is 4. The van der Waals surface area contributed by atoms with Gasteiger partial charge in [0.05, 0.1) is 30.9 Å². The standard InChI is InChI=1S/C16H21F3N2O3/c1-11-8-21(9-14(24-11)10-23-2)15(22)20-7-12-3-5-13(6-4-12)16(17,18)19/h3-6,11,14H,7-10H2,1-2H3,(H,20,22)/t11-,14+/m1/s1. The maximum absolute atomic E-state index is 12.5. The molecule has 0 unspecified atom stereocenters. The van der Waals surface area contributed by atoms with Gasteiger partial charge in [0.15, 0.2) is 0 Å². The molecule has 2 rings (SSSR count). The predicted molar refractivity (Wildman–Crippen MR) is 81.5 cm³/mol. The van der Waals surface area contributed by atoms with E-state index in [4.69, 9.17) is 9.47 Å². The van der Waals surface area contributed by atoms with E-state index in [0.717, 1.165) is 12.1 Å². The average Bonchev–Trinajstić information content (AvgIpc) is 2.52. The molecule has 5 nitrogen and oxygen atoms in total. The fourth-order valence-electron chi connectivity index (χ4n) is 2.59. The van der Waals surface area contributed by atoms with Crippen molar-refractivity contribution >= 4 is 6.03 Å². The molecule has 0 aromatic heterocycles. The van der Waals surface area contributed by atoms with Gasteiger partial charge in [0, 0.05) is 20.2 Å². The van der Waals surface area contributed by atoms with Gasteiger partial charge in [0.1, 0.15) is 0 Å². The Morgan fingerprint density at radius 1 is 1.33 bits per heavy atom. The highest BCUT2D eigenvalue weighted by Gasteiger charge is 2.30. The van der Waals surface area contributed by atoms with E-state index in [1.165, 1.54) is 12.1 Å². The highest BCUT2D eigenvalue weighted by Crippen LogP contribution is 2.29. The second-order valence-electron chi connectivity index (χ2n) is 5.78. The Kier molecular flexibility index (Phi) is 6.06. The summed E-state index contributed by atoms with van der Waals surface area (Å²) in [5.41, 5.74) is -0.104. The summed E-state index contributed by atoms with van der Waals surface area (Å²) in [6.07, 6.45) is -4.64. The lowest BCUT2D eigenvalue weighted by Gasteiger charge is -2.36. The fourth-order valence-corrected chi connectivity index (χ4v) is 2.59. The average molecular weight is 346 g/mol. The van der Waals surface area contributed by atoms with Gasteiger partial charge >= 0.3 is 12.2 Å². The molecule has 1 aromatic rings. The van der Waals surface area contributed by atoms with Gasteiger partial charge in [-0.25, -0.2) is 4.79 Å². The zero-order valence-electron chi connectivity index (χ0n) is 13.6. The third-order valence-corrected chi connectivity index (χ3v) is 3.69. The number of methoxy groups -OCH3 is 1. The van der Waals surface area contributed by atoms with E-state index in [2.05, 4.69) is 5.32 Å². The minimum absolute atomic E-state index is 0.101. The van der Waals surface area contributed by atoms with Gasteiger partial charge in [-0.1, -0.05) is 12.1 Å². The topological polar surface area (TPSA) is 50.8 Å². The van der Waals surface area contributed by atoms with Crippen molar-refractivity contribution in [2.24, 2.45) is 0 Å². The van der Waals surface area contributed by atoms with E-state index in [-0.39, 0.29) is 24.8 Å². The number of hydrogen-bond acceptors (Lipinski definition) is 3. The molecule has 1 heterocycles. The van der Waals surface area contributed by atoms with Crippen LogP contribution >= 0.6 is 0 Å². The molecule has 2 atom stereocenters. The predicted octanol–water partition coefficient (Wildman–Crippen LogP) is 2.65.